The van der Waals surface area contributed by atoms with Gasteiger partial charge >= 0.3 is 0 Å². The molecule has 0 spiro atoms. The van der Waals surface area contributed by atoms with Gasteiger partial charge in [-0.05, 0) is 24.1 Å². The molecule has 156 valence electrons. The van der Waals surface area contributed by atoms with Crippen molar-refractivity contribution in [2.24, 2.45) is 0 Å². The molecule has 0 bridgehead atoms. The van der Waals surface area contributed by atoms with E-state index in [9.17, 15) is 5.11 Å². The molecule has 0 fully saturated rings. The Bertz CT molecular complexity index is 1210. The largest absolute Gasteiger partial charge is 0.508 e. The van der Waals surface area contributed by atoms with Crippen LogP contribution in [0.4, 0.5) is 5.82 Å². The number of fused-ring (bicyclic) bond motifs is 2. The highest BCUT2D eigenvalue weighted by atomic mass is 35.5. The highest BCUT2D eigenvalue weighted by molar-refractivity contribution is 6.31. The number of aryl methyl sites for hydroxylation is 1. The summed E-state index contributed by atoms with van der Waals surface area (Å²) in [4.78, 5) is 13.0. The van der Waals surface area contributed by atoms with Gasteiger partial charge in [0, 0.05) is 48.1 Å². The number of anilines is 1. The van der Waals surface area contributed by atoms with E-state index in [1.807, 2.05) is 41.1 Å². The van der Waals surface area contributed by atoms with E-state index in [0.717, 1.165) is 36.2 Å². The fourth-order valence-corrected chi connectivity index (χ4v) is 4.14. The number of aromatic hydroxyl groups is 1. The van der Waals surface area contributed by atoms with E-state index in [1.165, 1.54) is 6.33 Å². The number of nitrogens with one attached hydrogen (secondary N) is 1. The van der Waals surface area contributed by atoms with Crippen LogP contribution in [0.25, 0.3) is 0 Å². The maximum Gasteiger partial charge on any atom is 0.228 e. The summed E-state index contributed by atoms with van der Waals surface area (Å²) in [6, 6.07) is 12.8. The average Bonchev–Trinajstić information content (AvgIpc) is 3.29. The lowest BCUT2D eigenvalue weighted by Crippen LogP contribution is -2.17. The molecule has 1 aliphatic rings. The van der Waals surface area contributed by atoms with Crippen LogP contribution < -0.4 is 10.1 Å². The number of hydrogen-bond acceptors (Lipinski definition) is 6. The Morgan fingerprint density at radius 1 is 1.13 bits per heavy atom. The van der Waals surface area contributed by atoms with Crippen LogP contribution in [-0.2, 0) is 6.54 Å². The second-order valence-corrected chi connectivity index (χ2v) is 7.71. The van der Waals surface area contributed by atoms with Gasteiger partial charge in [0.25, 0.3) is 0 Å². The molecule has 2 aromatic heterocycles. The van der Waals surface area contributed by atoms with Crippen molar-refractivity contribution in [3.63, 3.8) is 0 Å². The number of ether oxygens (including phenoxy) is 1. The highest BCUT2D eigenvalue weighted by Crippen LogP contribution is 2.50. The number of halogens is 1. The van der Waals surface area contributed by atoms with Crippen molar-refractivity contribution in [1.29, 1.82) is 0 Å². The van der Waals surface area contributed by atoms with Crippen molar-refractivity contribution in [2.45, 2.75) is 18.9 Å². The molecule has 0 radical (unpaired) electrons. The molecule has 0 aliphatic carbocycles. The Kier molecular flexibility index (Phi) is 5.18. The molecule has 0 unspecified atom stereocenters. The van der Waals surface area contributed by atoms with Gasteiger partial charge in [0.05, 0.1) is 11.9 Å². The van der Waals surface area contributed by atoms with Gasteiger partial charge in [-0.2, -0.15) is 0 Å². The summed E-state index contributed by atoms with van der Waals surface area (Å²) >= 11 is 6.60. The lowest BCUT2D eigenvalue weighted by molar-refractivity contribution is 0.422. The number of aromatic nitrogens is 4. The Balaban J connectivity index is 1.52. The van der Waals surface area contributed by atoms with Gasteiger partial charge in [-0.15, -0.1) is 0 Å². The van der Waals surface area contributed by atoms with Gasteiger partial charge in [-0.25, -0.2) is 15.0 Å². The number of phenolic OH excluding ortho intramolecular Hbond substituents is 1. The summed E-state index contributed by atoms with van der Waals surface area (Å²) in [6.07, 6.45) is 7.90. The normalized spacial score (nSPS) is 14.4. The third-order valence-corrected chi connectivity index (χ3v) is 5.66. The molecular formula is C23H20ClN5O2. The summed E-state index contributed by atoms with van der Waals surface area (Å²) in [5, 5.41) is 14.1. The number of hydrogen-bond donors (Lipinski definition) is 2. The molecule has 0 saturated heterocycles. The molecule has 0 amide bonds. The van der Waals surface area contributed by atoms with Gasteiger partial charge in [0.15, 0.2) is 0 Å². The summed E-state index contributed by atoms with van der Waals surface area (Å²) in [5.41, 5.74) is 2.66. The molecule has 0 saturated carbocycles. The van der Waals surface area contributed by atoms with Crippen molar-refractivity contribution in [3.8, 4) is 17.4 Å². The van der Waals surface area contributed by atoms with E-state index in [1.54, 1.807) is 24.7 Å². The van der Waals surface area contributed by atoms with E-state index >= 15 is 0 Å². The SMILES string of the molecule is Oc1ccc2c(c1)Oc1ncnc(NCCCn3ccnc3)c1[C@H]2c1ccccc1Cl. The van der Waals surface area contributed by atoms with Crippen LogP contribution in [0, 0.1) is 0 Å². The summed E-state index contributed by atoms with van der Waals surface area (Å²) in [5.74, 6) is 1.62. The van der Waals surface area contributed by atoms with E-state index in [4.69, 9.17) is 16.3 Å². The smallest absolute Gasteiger partial charge is 0.228 e. The first-order chi connectivity index (χ1) is 15.2. The van der Waals surface area contributed by atoms with Crippen molar-refractivity contribution < 1.29 is 9.84 Å². The fraction of sp³-hybridized carbons (Fsp3) is 0.174. The van der Waals surface area contributed by atoms with Crippen molar-refractivity contribution in [1.82, 2.24) is 19.5 Å². The average molecular weight is 434 g/mol. The molecule has 8 heteroatoms. The van der Waals surface area contributed by atoms with Crippen molar-refractivity contribution in [2.75, 3.05) is 11.9 Å². The standard InChI is InChI=1S/C23H20ClN5O2/c24-18-5-2-1-4-16(18)20-17-7-6-15(30)12-19(17)31-23-21(20)22(27-13-28-23)26-8-3-10-29-11-9-25-14-29/h1-2,4-7,9,11-14,20,30H,3,8,10H2,(H,26,27,28)/t20-/m0/s1. The lowest BCUT2D eigenvalue weighted by Gasteiger charge is -2.29. The van der Waals surface area contributed by atoms with E-state index in [-0.39, 0.29) is 11.7 Å². The first-order valence-electron chi connectivity index (χ1n) is 10.0. The first-order valence-corrected chi connectivity index (χ1v) is 10.4. The summed E-state index contributed by atoms with van der Waals surface area (Å²) in [6.45, 7) is 1.58. The minimum absolute atomic E-state index is 0.131. The van der Waals surface area contributed by atoms with Gasteiger partial charge in [0.2, 0.25) is 5.88 Å². The van der Waals surface area contributed by atoms with Crippen molar-refractivity contribution in [3.05, 3.63) is 89.2 Å². The molecule has 1 aliphatic heterocycles. The predicted octanol–water partition coefficient (Wildman–Crippen LogP) is 4.82. The number of rotatable bonds is 6. The lowest BCUT2D eigenvalue weighted by atomic mass is 9.83. The zero-order valence-electron chi connectivity index (χ0n) is 16.6. The van der Waals surface area contributed by atoms with Gasteiger partial charge in [-0.3, -0.25) is 0 Å². The molecule has 7 nitrogen and oxygen atoms in total. The van der Waals surface area contributed by atoms with Crippen LogP contribution in [0.1, 0.15) is 29.0 Å². The first kappa shape index (κ1) is 19.4. The molecule has 2 N–H and O–H groups in total. The van der Waals surface area contributed by atoms with Crippen LogP contribution >= 0.6 is 11.6 Å². The number of nitrogens with zero attached hydrogens (tertiary/aromatic N) is 4. The molecule has 1 atom stereocenters. The molecule has 31 heavy (non-hydrogen) atoms. The van der Waals surface area contributed by atoms with Gasteiger partial charge in [0.1, 0.15) is 23.6 Å². The second-order valence-electron chi connectivity index (χ2n) is 7.30. The van der Waals surface area contributed by atoms with Crippen LogP contribution in [0.5, 0.6) is 17.4 Å². The Hall–Kier alpha value is -3.58. The third kappa shape index (κ3) is 3.80. The molecular weight excluding hydrogens is 414 g/mol. The van der Waals surface area contributed by atoms with Crippen LogP contribution in [0.3, 0.4) is 0 Å². The van der Waals surface area contributed by atoms with E-state index in [2.05, 4.69) is 20.3 Å². The monoisotopic (exact) mass is 433 g/mol. The summed E-state index contributed by atoms with van der Waals surface area (Å²) in [7, 11) is 0. The predicted molar refractivity (Wildman–Crippen MR) is 118 cm³/mol. The van der Waals surface area contributed by atoms with E-state index in [0.29, 0.717) is 22.5 Å². The van der Waals surface area contributed by atoms with E-state index < -0.39 is 0 Å². The van der Waals surface area contributed by atoms with Crippen LogP contribution in [0.2, 0.25) is 5.02 Å². The van der Waals surface area contributed by atoms with Gasteiger partial charge < -0.3 is 19.7 Å². The quantitative estimate of drug-likeness (QED) is 0.373. The highest BCUT2D eigenvalue weighted by Gasteiger charge is 2.34. The Morgan fingerprint density at radius 2 is 2.03 bits per heavy atom. The number of phenols is 1. The molecule has 3 heterocycles. The zero-order chi connectivity index (χ0) is 21.2. The molecule has 5 rings (SSSR count). The second kappa shape index (κ2) is 8.28. The fourth-order valence-electron chi connectivity index (χ4n) is 3.89. The van der Waals surface area contributed by atoms with Gasteiger partial charge in [-0.1, -0.05) is 35.9 Å². The maximum absolute atomic E-state index is 9.97. The Morgan fingerprint density at radius 3 is 2.87 bits per heavy atom. The molecule has 4 aromatic rings. The summed E-state index contributed by atoms with van der Waals surface area (Å²) < 4.78 is 8.09. The van der Waals surface area contributed by atoms with Crippen LogP contribution in [0.15, 0.2) is 67.5 Å². The third-order valence-electron chi connectivity index (χ3n) is 5.31. The minimum Gasteiger partial charge on any atom is -0.508 e. The Labute approximate surface area is 184 Å². The minimum atomic E-state index is -0.231. The van der Waals surface area contributed by atoms with Crippen LogP contribution in [-0.4, -0.2) is 31.2 Å². The number of benzene rings is 2. The van der Waals surface area contributed by atoms with Crippen molar-refractivity contribution >= 4 is 17.4 Å². The number of imidazole rings is 1. The molecule has 2 aromatic carbocycles. The maximum atomic E-state index is 9.97. The zero-order valence-corrected chi connectivity index (χ0v) is 17.3. The topological polar surface area (TPSA) is 85.1 Å².